The third-order valence-electron chi connectivity index (χ3n) is 6.20. The molecule has 210 valence electrons. The molecule has 3 aromatic carbocycles. The molecule has 0 bridgehead atoms. The number of aromatic nitrogens is 2. The number of carbonyl (C=O) groups is 2. The van der Waals surface area contributed by atoms with Gasteiger partial charge in [-0.05, 0) is 66.1 Å². The highest BCUT2D eigenvalue weighted by atomic mass is 35.5. The van der Waals surface area contributed by atoms with E-state index in [1.807, 2.05) is 13.0 Å². The Bertz CT molecular complexity index is 1630. The molecule has 4 aromatic rings. The zero-order chi connectivity index (χ0) is 29.1. The van der Waals surface area contributed by atoms with Crippen molar-refractivity contribution in [2.24, 2.45) is 0 Å². The van der Waals surface area contributed by atoms with Crippen LogP contribution in [-0.2, 0) is 15.3 Å². The van der Waals surface area contributed by atoms with Gasteiger partial charge in [0.15, 0.2) is 4.34 Å². The lowest BCUT2D eigenvalue weighted by Gasteiger charge is -2.22. The molecule has 2 heterocycles. The molecule has 5 rings (SSSR count). The predicted molar refractivity (Wildman–Crippen MR) is 164 cm³/mol. The number of carbonyl (C=O) groups excluding carboxylic acids is 2. The van der Waals surface area contributed by atoms with Crippen molar-refractivity contribution in [3.63, 3.8) is 0 Å². The van der Waals surface area contributed by atoms with Gasteiger partial charge in [0, 0.05) is 26.4 Å². The van der Waals surface area contributed by atoms with E-state index in [9.17, 15) is 14.7 Å². The first-order valence-corrected chi connectivity index (χ1v) is 15.4. The third-order valence-corrected chi connectivity index (χ3v) is 9.14. The normalized spacial score (nSPS) is 16.4. The fraction of sp³-hybridized carbons (Fsp3) is 0.172. The van der Waals surface area contributed by atoms with Gasteiger partial charge in [0.2, 0.25) is 5.13 Å². The van der Waals surface area contributed by atoms with E-state index in [0.29, 0.717) is 48.6 Å². The van der Waals surface area contributed by atoms with Crippen LogP contribution in [0.5, 0.6) is 5.75 Å². The van der Waals surface area contributed by atoms with Crippen LogP contribution in [-0.4, -0.2) is 33.6 Å². The van der Waals surface area contributed by atoms with Crippen molar-refractivity contribution >= 4 is 80.5 Å². The molecular weight excluding hydrogens is 625 g/mol. The van der Waals surface area contributed by atoms with E-state index in [2.05, 4.69) is 10.2 Å². The summed E-state index contributed by atoms with van der Waals surface area (Å²) in [4.78, 5) is 28.1. The summed E-state index contributed by atoms with van der Waals surface area (Å²) >= 11 is 20.9. The SMILES string of the molecule is CCCOc1ccc(C2/C(=C(/O)c3ccc(Cl)cc3)C(=O)C(=O)N2c2nnc(SCc3ccc(Cl)cc3Cl)s2)cc1. The summed E-state index contributed by atoms with van der Waals surface area (Å²) in [5.41, 5.74) is 1.76. The van der Waals surface area contributed by atoms with Gasteiger partial charge in [0.1, 0.15) is 11.5 Å². The minimum Gasteiger partial charge on any atom is -0.507 e. The number of thioether (sulfide) groups is 1. The van der Waals surface area contributed by atoms with Gasteiger partial charge in [-0.2, -0.15) is 0 Å². The molecule has 7 nitrogen and oxygen atoms in total. The van der Waals surface area contributed by atoms with Crippen LogP contribution in [0, 0.1) is 0 Å². The van der Waals surface area contributed by atoms with Crippen LogP contribution < -0.4 is 9.64 Å². The number of amides is 1. The number of Topliss-reactive ketones (excluding diaryl/α,β-unsaturated/α-hetero) is 1. The molecule has 1 N–H and O–H groups in total. The Labute approximate surface area is 259 Å². The molecule has 41 heavy (non-hydrogen) atoms. The highest BCUT2D eigenvalue weighted by molar-refractivity contribution is 8.00. The molecular formula is C29H22Cl3N3O4S2. The standard InChI is InChI=1S/C29H22Cl3N3O4S2/c1-2-13-39-21-11-6-16(7-12-21)24-23(25(36)17-3-8-19(30)9-4-17)26(37)27(38)35(24)28-33-34-29(41-28)40-15-18-5-10-20(31)14-22(18)32/h3-12,14,24,36H,2,13,15H2,1H3/b25-23-. The van der Waals surface area contributed by atoms with Crippen molar-refractivity contribution in [1.82, 2.24) is 10.2 Å². The summed E-state index contributed by atoms with van der Waals surface area (Å²) in [7, 11) is 0. The topological polar surface area (TPSA) is 92.6 Å². The lowest BCUT2D eigenvalue weighted by molar-refractivity contribution is -0.132. The van der Waals surface area contributed by atoms with E-state index in [1.54, 1.807) is 60.7 Å². The van der Waals surface area contributed by atoms with Crippen molar-refractivity contribution in [2.75, 3.05) is 11.5 Å². The summed E-state index contributed by atoms with van der Waals surface area (Å²) in [6, 6.07) is 17.8. The smallest absolute Gasteiger partial charge is 0.301 e. The van der Waals surface area contributed by atoms with Crippen LogP contribution in [0.3, 0.4) is 0 Å². The summed E-state index contributed by atoms with van der Waals surface area (Å²) in [6.45, 7) is 2.57. The zero-order valence-electron chi connectivity index (χ0n) is 21.5. The number of halogens is 3. The Morgan fingerprint density at radius 3 is 2.39 bits per heavy atom. The number of hydrogen-bond donors (Lipinski definition) is 1. The number of hydrogen-bond acceptors (Lipinski definition) is 8. The molecule has 0 aliphatic carbocycles. The molecule has 1 unspecified atom stereocenters. The molecule has 0 radical (unpaired) electrons. The van der Waals surface area contributed by atoms with Gasteiger partial charge in [-0.1, -0.05) is 83.0 Å². The average Bonchev–Trinajstić information content (AvgIpc) is 3.53. The first-order chi connectivity index (χ1) is 19.8. The van der Waals surface area contributed by atoms with Crippen molar-refractivity contribution < 1.29 is 19.4 Å². The molecule has 1 aliphatic heterocycles. The molecule has 0 spiro atoms. The summed E-state index contributed by atoms with van der Waals surface area (Å²) < 4.78 is 6.28. The second-order valence-electron chi connectivity index (χ2n) is 8.97. The Kier molecular flexibility index (Phi) is 9.21. The maximum Gasteiger partial charge on any atom is 0.301 e. The van der Waals surface area contributed by atoms with E-state index in [4.69, 9.17) is 39.5 Å². The highest BCUT2D eigenvalue weighted by Crippen LogP contribution is 2.44. The number of ether oxygens (including phenoxy) is 1. The molecule has 1 atom stereocenters. The first-order valence-electron chi connectivity index (χ1n) is 12.5. The fourth-order valence-corrected chi connectivity index (χ4v) is 6.76. The van der Waals surface area contributed by atoms with Gasteiger partial charge in [-0.3, -0.25) is 14.5 Å². The summed E-state index contributed by atoms with van der Waals surface area (Å²) in [6.07, 6.45) is 0.852. The van der Waals surface area contributed by atoms with E-state index < -0.39 is 17.7 Å². The number of aliphatic hydroxyl groups is 1. The van der Waals surface area contributed by atoms with E-state index in [-0.39, 0.29) is 16.5 Å². The van der Waals surface area contributed by atoms with Gasteiger partial charge in [-0.25, -0.2) is 0 Å². The van der Waals surface area contributed by atoms with E-state index in [1.165, 1.54) is 28.0 Å². The quantitative estimate of drug-likeness (QED) is 0.0644. The molecule has 0 saturated carbocycles. The maximum atomic E-state index is 13.5. The summed E-state index contributed by atoms with van der Waals surface area (Å²) in [5.74, 6) is -0.796. The van der Waals surface area contributed by atoms with Crippen LogP contribution in [0.1, 0.15) is 36.1 Å². The van der Waals surface area contributed by atoms with Gasteiger partial charge >= 0.3 is 5.91 Å². The average molecular weight is 647 g/mol. The fourth-order valence-electron chi connectivity index (χ4n) is 4.21. The number of nitrogens with zero attached hydrogens (tertiary/aromatic N) is 3. The predicted octanol–water partition coefficient (Wildman–Crippen LogP) is 8.21. The monoisotopic (exact) mass is 645 g/mol. The van der Waals surface area contributed by atoms with Crippen molar-refractivity contribution in [3.8, 4) is 5.75 Å². The first kappa shape index (κ1) is 29.4. The zero-order valence-corrected chi connectivity index (χ0v) is 25.4. The minimum absolute atomic E-state index is 0.0584. The van der Waals surface area contributed by atoms with Gasteiger partial charge in [0.25, 0.3) is 5.78 Å². The molecule has 1 aliphatic rings. The Balaban J connectivity index is 1.51. The number of anilines is 1. The third kappa shape index (κ3) is 6.39. The molecule has 1 amide bonds. The van der Waals surface area contributed by atoms with Crippen LogP contribution in [0.2, 0.25) is 15.1 Å². The van der Waals surface area contributed by atoms with Gasteiger partial charge in [0.05, 0.1) is 18.2 Å². The van der Waals surface area contributed by atoms with Crippen LogP contribution >= 0.6 is 57.9 Å². The van der Waals surface area contributed by atoms with Crippen molar-refractivity contribution in [1.29, 1.82) is 0 Å². The Morgan fingerprint density at radius 1 is 1.00 bits per heavy atom. The van der Waals surface area contributed by atoms with Gasteiger partial charge in [-0.15, -0.1) is 10.2 Å². The van der Waals surface area contributed by atoms with Crippen LogP contribution in [0.25, 0.3) is 5.76 Å². The number of rotatable bonds is 9. The van der Waals surface area contributed by atoms with E-state index >= 15 is 0 Å². The second kappa shape index (κ2) is 12.8. The lowest BCUT2D eigenvalue weighted by atomic mass is 9.95. The Morgan fingerprint density at radius 2 is 1.71 bits per heavy atom. The molecule has 1 fully saturated rings. The largest absolute Gasteiger partial charge is 0.507 e. The second-order valence-corrected chi connectivity index (χ2v) is 12.4. The van der Waals surface area contributed by atoms with Gasteiger partial charge < -0.3 is 9.84 Å². The van der Waals surface area contributed by atoms with Crippen LogP contribution in [0.15, 0.2) is 76.6 Å². The van der Waals surface area contributed by atoms with Crippen molar-refractivity contribution in [2.45, 2.75) is 29.5 Å². The number of aliphatic hydroxyl groups excluding tert-OH is 1. The molecule has 1 aromatic heterocycles. The van der Waals surface area contributed by atoms with E-state index in [0.717, 1.165) is 12.0 Å². The number of ketones is 1. The summed E-state index contributed by atoms with van der Waals surface area (Å²) in [5, 5.41) is 21.5. The number of benzene rings is 3. The minimum atomic E-state index is -0.942. The maximum absolute atomic E-state index is 13.5. The highest BCUT2D eigenvalue weighted by Gasteiger charge is 2.48. The lowest BCUT2D eigenvalue weighted by Crippen LogP contribution is -2.29. The van der Waals surface area contributed by atoms with Crippen LogP contribution in [0.4, 0.5) is 5.13 Å². The molecule has 12 heteroatoms. The van der Waals surface area contributed by atoms with Crippen molar-refractivity contribution in [3.05, 3.63) is 104 Å². The molecule has 1 saturated heterocycles. The Hall–Kier alpha value is -3.08.